The van der Waals surface area contributed by atoms with Gasteiger partial charge in [-0.2, -0.15) is 9.97 Å². The van der Waals surface area contributed by atoms with Crippen molar-refractivity contribution in [2.75, 3.05) is 58.5 Å². The Morgan fingerprint density at radius 2 is 1.75 bits per heavy atom. The molecule has 2 aliphatic heterocycles. The third-order valence-electron chi connectivity index (χ3n) is 4.32. The van der Waals surface area contributed by atoms with Crippen molar-refractivity contribution in [3.05, 3.63) is 0 Å². The molecule has 1 amide bonds. The number of carbonyl (C=O) groups is 1. The Bertz CT molecular complexity index is 557. The lowest BCUT2D eigenvalue weighted by atomic mass is 9.96. The molecule has 24 heavy (non-hydrogen) atoms. The molecule has 1 aromatic rings. The Kier molecular flexibility index (Phi) is 5.29. The fourth-order valence-electron chi connectivity index (χ4n) is 3.05. The van der Waals surface area contributed by atoms with Gasteiger partial charge < -0.3 is 24.0 Å². The molecule has 1 atom stereocenters. The highest BCUT2D eigenvalue weighted by atomic mass is 16.5. The number of morpholine rings is 1. The summed E-state index contributed by atoms with van der Waals surface area (Å²) in [5.41, 5.74) is 0. The standard InChI is InChI=1S/C15H23N5O4/c1-22-14-16-13(17-15(18-14)23-2)20-5-3-4-11(10-20)12(21)19-6-8-24-9-7-19/h11H,3-10H2,1-2H3. The summed E-state index contributed by atoms with van der Waals surface area (Å²) in [6.07, 6.45) is 1.79. The Morgan fingerprint density at radius 3 is 2.38 bits per heavy atom. The highest BCUT2D eigenvalue weighted by Crippen LogP contribution is 2.24. The van der Waals surface area contributed by atoms with Crippen molar-refractivity contribution in [3.63, 3.8) is 0 Å². The van der Waals surface area contributed by atoms with Crippen LogP contribution in [-0.4, -0.2) is 79.4 Å². The minimum atomic E-state index is -0.0504. The highest BCUT2D eigenvalue weighted by molar-refractivity contribution is 5.79. The number of anilines is 1. The van der Waals surface area contributed by atoms with E-state index >= 15 is 0 Å². The van der Waals surface area contributed by atoms with Crippen LogP contribution in [0.4, 0.5) is 5.95 Å². The first-order chi connectivity index (χ1) is 11.7. The largest absolute Gasteiger partial charge is 0.467 e. The molecule has 0 aromatic carbocycles. The summed E-state index contributed by atoms with van der Waals surface area (Å²) in [7, 11) is 3.00. The molecule has 2 saturated heterocycles. The van der Waals surface area contributed by atoms with Gasteiger partial charge in [-0.05, 0) is 12.8 Å². The predicted molar refractivity (Wildman–Crippen MR) is 85.3 cm³/mol. The summed E-state index contributed by atoms with van der Waals surface area (Å²) in [5.74, 6) is 0.625. The maximum atomic E-state index is 12.7. The fourth-order valence-corrected chi connectivity index (χ4v) is 3.05. The Morgan fingerprint density at radius 1 is 1.08 bits per heavy atom. The number of methoxy groups -OCH3 is 2. The first kappa shape index (κ1) is 16.7. The van der Waals surface area contributed by atoms with Crippen LogP contribution in [0.5, 0.6) is 12.0 Å². The molecule has 2 aliphatic rings. The summed E-state index contributed by atoms with van der Waals surface area (Å²) in [6, 6.07) is 0.414. The van der Waals surface area contributed by atoms with Crippen LogP contribution in [0.3, 0.4) is 0 Å². The van der Waals surface area contributed by atoms with Crippen molar-refractivity contribution in [1.29, 1.82) is 0 Å². The Balaban J connectivity index is 1.72. The van der Waals surface area contributed by atoms with E-state index in [1.54, 1.807) is 0 Å². The molecule has 2 fully saturated rings. The van der Waals surface area contributed by atoms with E-state index in [4.69, 9.17) is 14.2 Å². The zero-order chi connectivity index (χ0) is 16.9. The molecule has 0 aliphatic carbocycles. The topological polar surface area (TPSA) is 89.9 Å². The second-order valence-electron chi connectivity index (χ2n) is 5.83. The molecule has 9 nitrogen and oxygen atoms in total. The van der Waals surface area contributed by atoms with Crippen LogP contribution in [-0.2, 0) is 9.53 Å². The van der Waals surface area contributed by atoms with Gasteiger partial charge in [0.05, 0.1) is 33.4 Å². The smallest absolute Gasteiger partial charge is 0.324 e. The van der Waals surface area contributed by atoms with Crippen molar-refractivity contribution in [3.8, 4) is 12.0 Å². The highest BCUT2D eigenvalue weighted by Gasteiger charge is 2.31. The number of aromatic nitrogens is 3. The maximum absolute atomic E-state index is 12.7. The van der Waals surface area contributed by atoms with Crippen molar-refractivity contribution < 1.29 is 19.0 Å². The first-order valence-corrected chi connectivity index (χ1v) is 8.17. The zero-order valence-corrected chi connectivity index (χ0v) is 14.1. The van der Waals surface area contributed by atoms with Gasteiger partial charge in [-0.1, -0.05) is 0 Å². The molecular weight excluding hydrogens is 314 g/mol. The number of ether oxygens (including phenoxy) is 3. The molecule has 3 rings (SSSR count). The van der Waals surface area contributed by atoms with Gasteiger partial charge in [0.15, 0.2) is 0 Å². The predicted octanol–water partition coefficient (Wildman–Crippen LogP) is -0.0360. The minimum Gasteiger partial charge on any atom is -0.467 e. The molecule has 0 N–H and O–H groups in total. The Hall–Kier alpha value is -2.16. The van der Waals surface area contributed by atoms with Gasteiger partial charge in [-0.25, -0.2) is 0 Å². The molecule has 1 unspecified atom stereocenters. The summed E-state index contributed by atoms with van der Waals surface area (Å²) in [4.78, 5) is 29.2. The lowest BCUT2D eigenvalue weighted by Gasteiger charge is -2.36. The van der Waals surface area contributed by atoms with Gasteiger partial charge in [0.25, 0.3) is 0 Å². The van der Waals surface area contributed by atoms with Crippen LogP contribution in [0.25, 0.3) is 0 Å². The van der Waals surface area contributed by atoms with E-state index in [1.165, 1.54) is 14.2 Å². The minimum absolute atomic E-state index is 0.0504. The summed E-state index contributed by atoms with van der Waals surface area (Å²) in [5, 5.41) is 0. The molecule has 0 spiro atoms. The van der Waals surface area contributed by atoms with E-state index in [1.807, 2.05) is 9.80 Å². The third-order valence-corrected chi connectivity index (χ3v) is 4.32. The van der Waals surface area contributed by atoms with E-state index in [0.717, 1.165) is 19.4 Å². The Labute approximate surface area is 140 Å². The molecule has 1 aromatic heterocycles. The number of rotatable bonds is 4. The van der Waals surface area contributed by atoms with Crippen LogP contribution in [0.15, 0.2) is 0 Å². The third kappa shape index (κ3) is 3.66. The number of nitrogens with zero attached hydrogens (tertiary/aromatic N) is 5. The van der Waals surface area contributed by atoms with E-state index < -0.39 is 0 Å². The lowest BCUT2D eigenvalue weighted by Crippen LogP contribution is -2.48. The summed E-state index contributed by atoms with van der Waals surface area (Å²) in [6.45, 7) is 3.95. The lowest BCUT2D eigenvalue weighted by molar-refractivity contribution is -0.139. The first-order valence-electron chi connectivity index (χ1n) is 8.17. The maximum Gasteiger partial charge on any atom is 0.324 e. The molecule has 9 heteroatoms. The zero-order valence-electron chi connectivity index (χ0n) is 14.1. The monoisotopic (exact) mass is 337 g/mol. The van der Waals surface area contributed by atoms with Crippen LogP contribution < -0.4 is 14.4 Å². The van der Waals surface area contributed by atoms with Gasteiger partial charge >= 0.3 is 12.0 Å². The summed E-state index contributed by atoms with van der Waals surface area (Å²) >= 11 is 0. The number of carbonyl (C=O) groups excluding carboxylic acids is 1. The fraction of sp³-hybridized carbons (Fsp3) is 0.733. The van der Waals surface area contributed by atoms with Crippen molar-refractivity contribution in [1.82, 2.24) is 19.9 Å². The molecular formula is C15H23N5O4. The van der Waals surface area contributed by atoms with Crippen LogP contribution in [0.2, 0.25) is 0 Å². The number of hydrogen-bond acceptors (Lipinski definition) is 8. The summed E-state index contributed by atoms with van der Waals surface area (Å²) < 4.78 is 15.5. The van der Waals surface area contributed by atoms with E-state index in [0.29, 0.717) is 38.8 Å². The molecule has 0 radical (unpaired) electrons. The second kappa shape index (κ2) is 7.61. The van der Waals surface area contributed by atoms with Gasteiger partial charge in [0.1, 0.15) is 0 Å². The number of piperidine rings is 1. The second-order valence-corrected chi connectivity index (χ2v) is 5.83. The van der Waals surface area contributed by atoms with Crippen molar-refractivity contribution in [2.45, 2.75) is 12.8 Å². The molecule has 0 saturated carbocycles. The average Bonchev–Trinajstić information content (AvgIpc) is 2.67. The SMILES string of the molecule is COc1nc(OC)nc(N2CCCC(C(=O)N3CCOCC3)C2)n1. The van der Waals surface area contributed by atoms with Gasteiger partial charge in [-0.15, -0.1) is 4.98 Å². The number of hydrogen-bond donors (Lipinski definition) is 0. The van der Waals surface area contributed by atoms with Crippen molar-refractivity contribution >= 4 is 11.9 Å². The van der Waals surface area contributed by atoms with Crippen LogP contribution in [0.1, 0.15) is 12.8 Å². The number of amides is 1. The normalized spacial score (nSPS) is 21.5. The van der Waals surface area contributed by atoms with Gasteiger partial charge in [0.2, 0.25) is 11.9 Å². The average molecular weight is 337 g/mol. The van der Waals surface area contributed by atoms with Crippen LogP contribution >= 0.6 is 0 Å². The van der Waals surface area contributed by atoms with E-state index in [2.05, 4.69) is 15.0 Å². The quantitative estimate of drug-likeness (QED) is 0.756. The molecule has 132 valence electrons. The van der Waals surface area contributed by atoms with E-state index in [9.17, 15) is 4.79 Å². The molecule has 3 heterocycles. The van der Waals surface area contributed by atoms with Gasteiger partial charge in [0, 0.05) is 26.2 Å². The van der Waals surface area contributed by atoms with Gasteiger partial charge in [-0.3, -0.25) is 4.79 Å². The van der Waals surface area contributed by atoms with E-state index in [-0.39, 0.29) is 23.8 Å². The molecule has 0 bridgehead atoms. The van der Waals surface area contributed by atoms with Crippen LogP contribution in [0, 0.1) is 5.92 Å². The van der Waals surface area contributed by atoms with Crippen molar-refractivity contribution in [2.24, 2.45) is 5.92 Å².